The number of ether oxygens (including phenoxy) is 1. The second-order valence-electron chi connectivity index (χ2n) is 8.93. The van der Waals surface area contributed by atoms with Crippen LogP contribution < -0.4 is 15.2 Å². The third kappa shape index (κ3) is 4.01. The number of fused-ring (bicyclic) bond motifs is 2. The zero-order valence-electron chi connectivity index (χ0n) is 19.9. The van der Waals surface area contributed by atoms with Crippen molar-refractivity contribution < 1.29 is 9.53 Å². The number of rotatable bonds is 5. The molecule has 0 saturated carbocycles. The number of para-hydroxylation sites is 1. The first-order chi connectivity index (χ1) is 17.6. The van der Waals surface area contributed by atoms with Gasteiger partial charge in [0.25, 0.3) is 5.56 Å². The monoisotopic (exact) mass is 502 g/mol. The summed E-state index contributed by atoms with van der Waals surface area (Å²) in [4.78, 5) is 35.5. The van der Waals surface area contributed by atoms with E-state index >= 15 is 0 Å². The summed E-state index contributed by atoms with van der Waals surface area (Å²) in [6.45, 7) is 2.87. The van der Waals surface area contributed by atoms with E-state index in [0.29, 0.717) is 41.5 Å². The number of carbonyl (C=O) groups is 1. The Morgan fingerprint density at radius 3 is 2.50 bits per heavy atom. The van der Waals surface area contributed by atoms with Gasteiger partial charge in [0.15, 0.2) is 10.8 Å². The molecule has 2 aromatic heterocycles. The SMILES string of the molecule is COc1ccc(N2CCN(C(=O)CC3CSc4nc5c(cnn5-c5ccccc5)c(=O)n43)CC2)cc1. The maximum atomic E-state index is 13.4. The van der Waals surface area contributed by atoms with Crippen molar-refractivity contribution in [2.24, 2.45) is 0 Å². The molecule has 0 spiro atoms. The maximum absolute atomic E-state index is 13.4. The second-order valence-corrected chi connectivity index (χ2v) is 9.92. The van der Waals surface area contributed by atoms with Crippen LogP contribution >= 0.6 is 11.8 Å². The Kier molecular flexibility index (Phi) is 5.88. The van der Waals surface area contributed by atoms with Crippen molar-refractivity contribution in [2.45, 2.75) is 17.6 Å². The molecule has 36 heavy (non-hydrogen) atoms. The number of hydrogen-bond acceptors (Lipinski definition) is 7. The normalized spacial score (nSPS) is 17.4. The van der Waals surface area contributed by atoms with E-state index in [1.165, 1.54) is 11.8 Å². The quantitative estimate of drug-likeness (QED) is 0.388. The standard InChI is InChI=1S/C26H26N6O3S/c1-35-21-9-7-18(8-10-21)29-11-13-30(14-12-29)23(33)15-20-17-36-26-28-24-22(25(34)31(20)26)16-27-32(24)19-5-3-2-4-6-19/h2-10,16,20H,11-15,17H2,1H3. The van der Waals surface area contributed by atoms with Gasteiger partial charge in [-0.3, -0.25) is 14.2 Å². The van der Waals surface area contributed by atoms with Crippen molar-refractivity contribution in [2.75, 3.05) is 43.9 Å². The van der Waals surface area contributed by atoms with Gasteiger partial charge in [-0.1, -0.05) is 30.0 Å². The Morgan fingerprint density at radius 2 is 1.78 bits per heavy atom. The summed E-state index contributed by atoms with van der Waals surface area (Å²) in [5.41, 5.74) is 2.39. The average molecular weight is 503 g/mol. The highest BCUT2D eigenvalue weighted by Gasteiger charge is 2.31. The lowest BCUT2D eigenvalue weighted by molar-refractivity contribution is -0.132. The number of benzene rings is 2. The molecule has 1 fully saturated rings. The molecule has 1 atom stereocenters. The molecule has 0 bridgehead atoms. The first kappa shape index (κ1) is 22.7. The highest BCUT2D eigenvalue weighted by atomic mass is 32.2. The molecule has 1 amide bonds. The Hall–Kier alpha value is -3.79. The van der Waals surface area contributed by atoms with Gasteiger partial charge in [-0.2, -0.15) is 5.10 Å². The summed E-state index contributed by atoms with van der Waals surface area (Å²) in [5, 5.41) is 5.53. The molecule has 2 aliphatic heterocycles. The van der Waals surface area contributed by atoms with Crippen molar-refractivity contribution in [3.05, 3.63) is 71.1 Å². The van der Waals surface area contributed by atoms with Crippen LogP contribution in [0.3, 0.4) is 0 Å². The fraction of sp³-hybridized carbons (Fsp3) is 0.308. The van der Waals surface area contributed by atoms with Crippen molar-refractivity contribution >= 4 is 34.4 Å². The third-order valence-electron chi connectivity index (χ3n) is 6.85. The van der Waals surface area contributed by atoms with Crippen molar-refractivity contribution in [1.82, 2.24) is 24.2 Å². The predicted octanol–water partition coefficient (Wildman–Crippen LogP) is 2.98. The lowest BCUT2D eigenvalue weighted by Gasteiger charge is -2.36. The van der Waals surface area contributed by atoms with Crippen LogP contribution in [-0.4, -0.2) is 69.2 Å². The van der Waals surface area contributed by atoms with Crippen LogP contribution in [0, 0.1) is 0 Å². The fourth-order valence-electron chi connectivity index (χ4n) is 4.88. The van der Waals surface area contributed by atoms with Crippen molar-refractivity contribution in [1.29, 1.82) is 0 Å². The highest BCUT2D eigenvalue weighted by Crippen LogP contribution is 2.34. The molecule has 1 unspecified atom stereocenters. The van der Waals surface area contributed by atoms with E-state index in [1.807, 2.05) is 59.5 Å². The summed E-state index contributed by atoms with van der Waals surface area (Å²) < 4.78 is 8.62. The number of piperazine rings is 1. The molecular weight excluding hydrogens is 476 g/mol. The van der Waals surface area contributed by atoms with E-state index in [1.54, 1.807) is 22.6 Å². The Balaban J connectivity index is 1.16. The van der Waals surface area contributed by atoms with Crippen LogP contribution in [0.2, 0.25) is 0 Å². The van der Waals surface area contributed by atoms with E-state index in [4.69, 9.17) is 9.72 Å². The first-order valence-electron chi connectivity index (χ1n) is 12.0. The molecule has 4 aromatic rings. The van der Waals surface area contributed by atoms with Gasteiger partial charge in [-0.25, -0.2) is 9.67 Å². The minimum absolute atomic E-state index is 0.0785. The molecule has 2 aromatic carbocycles. The number of aromatic nitrogens is 4. The van der Waals surface area contributed by atoms with Crippen molar-refractivity contribution in [3.8, 4) is 11.4 Å². The number of methoxy groups -OCH3 is 1. The Labute approximate surface area is 212 Å². The first-order valence-corrected chi connectivity index (χ1v) is 13.0. The maximum Gasteiger partial charge on any atom is 0.265 e. The van der Waals surface area contributed by atoms with Gasteiger partial charge in [0.1, 0.15) is 11.1 Å². The lowest BCUT2D eigenvalue weighted by atomic mass is 10.1. The van der Waals surface area contributed by atoms with E-state index in [9.17, 15) is 9.59 Å². The Bertz CT molecular complexity index is 1460. The minimum atomic E-state index is -0.207. The van der Waals surface area contributed by atoms with Crippen LogP contribution in [-0.2, 0) is 4.79 Å². The summed E-state index contributed by atoms with van der Waals surface area (Å²) in [6.07, 6.45) is 1.87. The van der Waals surface area contributed by atoms with Crippen molar-refractivity contribution in [3.63, 3.8) is 0 Å². The summed E-state index contributed by atoms with van der Waals surface area (Å²) in [6, 6.07) is 17.4. The molecule has 4 heterocycles. The number of nitrogens with zero attached hydrogens (tertiary/aromatic N) is 6. The zero-order chi connectivity index (χ0) is 24.6. The average Bonchev–Trinajstić information content (AvgIpc) is 3.54. The van der Waals surface area contributed by atoms with Crippen LogP contribution in [0.15, 0.2) is 70.7 Å². The van der Waals surface area contributed by atoms with E-state index in [0.717, 1.165) is 30.2 Å². The smallest absolute Gasteiger partial charge is 0.265 e. The van der Waals surface area contributed by atoms with E-state index < -0.39 is 0 Å². The molecule has 9 nitrogen and oxygen atoms in total. The zero-order valence-corrected chi connectivity index (χ0v) is 20.7. The summed E-state index contributed by atoms with van der Waals surface area (Å²) in [7, 11) is 1.66. The Morgan fingerprint density at radius 1 is 1.03 bits per heavy atom. The molecule has 6 rings (SSSR count). The van der Waals surface area contributed by atoms with Crippen LogP contribution in [0.25, 0.3) is 16.7 Å². The molecule has 10 heteroatoms. The summed E-state index contributed by atoms with van der Waals surface area (Å²) >= 11 is 1.52. The number of anilines is 1. The lowest BCUT2D eigenvalue weighted by Crippen LogP contribution is -2.49. The second kappa shape index (κ2) is 9.34. The van der Waals surface area contributed by atoms with E-state index in [-0.39, 0.29) is 17.5 Å². The van der Waals surface area contributed by atoms with Gasteiger partial charge in [-0.15, -0.1) is 0 Å². The van der Waals surface area contributed by atoms with Crippen LogP contribution in [0.4, 0.5) is 5.69 Å². The molecule has 184 valence electrons. The van der Waals surface area contributed by atoms with Gasteiger partial charge in [0, 0.05) is 44.0 Å². The topological polar surface area (TPSA) is 85.5 Å². The van der Waals surface area contributed by atoms with Crippen LogP contribution in [0.1, 0.15) is 12.5 Å². The van der Waals surface area contributed by atoms with Gasteiger partial charge in [0.2, 0.25) is 5.91 Å². The number of thioether (sulfide) groups is 1. The highest BCUT2D eigenvalue weighted by molar-refractivity contribution is 7.99. The van der Waals surface area contributed by atoms with Gasteiger partial charge < -0.3 is 14.5 Å². The summed E-state index contributed by atoms with van der Waals surface area (Å²) in [5.74, 6) is 1.57. The fourth-order valence-corrected chi connectivity index (χ4v) is 6.01. The molecular formula is C26H26N6O3S. The largest absolute Gasteiger partial charge is 0.497 e. The van der Waals surface area contributed by atoms with Gasteiger partial charge in [0.05, 0.1) is 25.0 Å². The number of hydrogen-bond donors (Lipinski definition) is 0. The third-order valence-corrected chi connectivity index (χ3v) is 7.95. The molecule has 1 saturated heterocycles. The van der Waals surface area contributed by atoms with Gasteiger partial charge >= 0.3 is 0 Å². The number of carbonyl (C=O) groups excluding carboxylic acids is 1. The van der Waals surface area contributed by atoms with Gasteiger partial charge in [-0.05, 0) is 36.4 Å². The molecule has 0 N–H and O–H groups in total. The van der Waals surface area contributed by atoms with Crippen LogP contribution in [0.5, 0.6) is 5.75 Å². The molecule has 0 radical (unpaired) electrons. The number of amides is 1. The minimum Gasteiger partial charge on any atom is -0.497 e. The molecule has 0 aliphatic carbocycles. The van der Waals surface area contributed by atoms with E-state index in [2.05, 4.69) is 10.00 Å². The predicted molar refractivity (Wildman–Crippen MR) is 139 cm³/mol. The molecule has 2 aliphatic rings.